The van der Waals surface area contributed by atoms with Crippen LogP contribution in [0.3, 0.4) is 0 Å². The van der Waals surface area contributed by atoms with Crippen molar-refractivity contribution in [2.24, 2.45) is 5.29 Å². The molecule has 0 amide bonds. The van der Waals surface area contributed by atoms with Crippen LogP contribution in [0.25, 0.3) is 6.08 Å². The van der Waals surface area contributed by atoms with Crippen LogP contribution in [0.1, 0.15) is 43.0 Å². The molecule has 6 heteroatoms. The lowest BCUT2D eigenvalue weighted by Crippen LogP contribution is -2.10. The van der Waals surface area contributed by atoms with Gasteiger partial charge in [0, 0.05) is 12.5 Å². The van der Waals surface area contributed by atoms with Crippen LogP contribution in [0.5, 0.6) is 0 Å². The Labute approximate surface area is 170 Å². The second-order valence-corrected chi connectivity index (χ2v) is 7.93. The molecule has 1 N–H and O–H groups in total. The first-order chi connectivity index (χ1) is 13.3. The molecule has 0 atom stereocenters. The van der Waals surface area contributed by atoms with Gasteiger partial charge in [0.15, 0.2) is 0 Å². The summed E-state index contributed by atoms with van der Waals surface area (Å²) in [6.45, 7) is 6.57. The number of nitrogens with one attached hydrogen (secondary N) is 1. The van der Waals surface area contributed by atoms with Gasteiger partial charge >= 0.3 is 0 Å². The first-order valence-electron chi connectivity index (χ1n) is 8.75. The largest absolute Gasteiger partial charge is 0.326 e. The summed E-state index contributed by atoms with van der Waals surface area (Å²) in [5, 5.41) is 4.20. The Morgan fingerprint density at radius 3 is 2.50 bits per heavy atom. The third-order valence-electron chi connectivity index (χ3n) is 4.17. The van der Waals surface area contributed by atoms with Crippen molar-refractivity contribution in [3.63, 3.8) is 0 Å². The molecular formula is C22H24FN3OS. The van der Waals surface area contributed by atoms with Crippen LogP contribution in [0.4, 0.5) is 10.1 Å². The number of nitrogens with zero attached hydrogens (tertiary/aromatic N) is 2. The van der Waals surface area contributed by atoms with E-state index in [2.05, 4.69) is 48.8 Å². The van der Waals surface area contributed by atoms with E-state index in [1.807, 2.05) is 12.1 Å². The summed E-state index contributed by atoms with van der Waals surface area (Å²) in [6, 6.07) is 11.1. The highest BCUT2D eigenvalue weighted by atomic mass is 32.2. The normalized spacial score (nSPS) is 11.3. The Morgan fingerprint density at radius 1 is 1.29 bits per heavy atom. The maximum atomic E-state index is 14.3. The summed E-state index contributed by atoms with van der Waals surface area (Å²) >= 11 is 1.26. The van der Waals surface area contributed by atoms with Crippen molar-refractivity contribution < 1.29 is 4.39 Å². The summed E-state index contributed by atoms with van der Waals surface area (Å²) in [6.07, 6.45) is 10.6. The molecule has 0 radical (unpaired) electrons. The molecule has 4 nitrogen and oxygen atoms in total. The van der Waals surface area contributed by atoms with Gasteiger partial charge in [-0.15, -0.1) is 11.3 Å². The molecule has 0 spiro atoms. The average molecular weight is 398 g/mol. The minimum Gasteiger partial charge on any atom is -0.326 e. The molecule has 0 saturated carbocycles. The summed E-state index contributed by atoms with van der Waals surface area (Å²) < 4.78 is 17.1. The van der Waals surface area contributed by atoms with Gasteiger partial charge < -0.3 is 4.72 Å². The van der Waals surface area contributed by atoms with Crippen molar-refractivity contribution in [1.29, 1.82) is 0 Å². The standard InChI is InChI=1S/C22H24FN3OS/c1-6-18-13-17(14-20(23)21(18)24-28-5)15-26(25-27)12-11-16-7-9-19(10-8-16)22(2,3)4/h1,7-14,24H,15H2,2-5H3/b12-11+. The lowest BCUT2D eigenvalue weighted by atomic mass is 9.87. The molecule has 146 valence electrons. The summed E-state index contributed by atoms with van der Waals surface area (Å²) in [7, 11) is 0. The topological polar surface area (TPSA) is 44.7 Å². The van der Waals surface area contributed by atoms with Crippen LogP contribution >= 0.6 is 11.9 Å². The maximum absolute atomic E-state index is 14.3. The minimum atomic E-state index is -0.465. The lowest BCUT2D eigenvalue weighted by Gasteiger charge is -2.18. The molecular weight excluding hydrogens is 373 g/mol. The van der Waals surface area contributed by atoms with Gasteiger partial charge in [0.1, 0.15) is 5.82 Å². The van der Waals surface area contributed by atoms with Gasteiger partial charge in [0.25, 0.3) is 0 Å². The fraction of sp³-hybridized carbons (Fsp3) is 0.273. The van der Waals surface area contributed by atoms with Crippen LogP contribution < -0.4 is 4.72 Å². The van der Waals surface area contributed by atoms with E-state index in [1.165, 1.54) is 28.6 Å². The minimum absolute atomic E-state index is 0.0781. The zero-order valence-corrected chi connectivity index (χ0v) is 17.3. The summed E-state index contributed by atoms with van der Waals surface area (Å²) in [4.78, 5) is 11.2. The predicted molar refractivity (Wildman–Crippen MR) is 117 cm³/mol. The molecule has 2 aromatic rings. The molecule has 2 aromatic carbocycles. The predicted octanol–water partition coefficient (Wildman–Crippen LogP) is 5.95. The molecule has 0 unspecified atom stereocenters. The number of terminal acetylenes is 1. The van der Waals surface area contributed by atoms with Crippen molar-refractivity contribution in [1.82, 2.24) is 5.01 Å². The van der Waals surface area contributed by atoms with E-state index in [0.717, 1.165) is 5.56 Å². The second kappa shape index (κ2) is 9.43. The molecule has 0 bridgehead atoms. The Bertz CT molecular complexity index is 896. The van der Waals surface area contributed by atoms with Crippen LogP contribution in [0.2, 0.25) is 0 Å². The number of nitroso groups, excluding NO2 is 1. The van der Waals surface area contributed by atoms with Crippen LogP contribution in [-0.2, 0) is 12.0 Å². The van der Waals surface area contributed by atoms with Crippen LogP contribution in [0.15, 0.2) is 47.9 Å². The van der Waals surface area contributed by atoms with E-state index >= 15 is 0 Å². The smallest absolute Gasteiger partial charge is 0.148 e. The van der Waals surface area contributed by atoms with Gasteiger partial charge in [-0.05, 0) is 40.3 Å². The quantitative estimate of drug-likeness (QED) is 0.271. The number of hydrogen-bond acceptors (Lipinski definition) is 4. The van der Waals surface area contributed by atoms with E-state index in [1.54, 1.807) is 24.6 Å². The second-order valence-electron chi connectivity index (χ2n) is 7.32. The molecule has 0 aliphatic carbocycles. The maximum Gasteiger partial charge on any atom is 0.148 e. The summed E-state index contributed by atoms with van der Waals surface area (Å²) in [5.41, 5.74) is 3.47. The zero-order chi connectivity index (χ0) is 20.7. The van der Waals surface area contributed by atoms with Crippen LogP contribution in [0, 0.1) is 23.1 Å². The van der Waals surface area contributed by atoms with Gasteiger partial charge in [0.05, 0.1) is 23.1 Å². The fourth-order valence-electron chi connectivity index (χ4n) is 2.64. The highest BCUT2D eigenvalue weighted by Gasteiger charge is 2.13. The van der Waals surface area contributed by atoms with E-state index in [-0.39, 0.29) is 17.6 Å². The third kappa shape index (κ3) is 5.61. The van der Waals surface area contributed by atoms with Gasteiger partial charge in [-0.25, -0.2) is 9.40 Å². The Kier molecular flexibility index (Phi) is 7.24. The Morgan fingerprint density at radius 2 is 1.96 bits per heavy atom. The molecule has 0 heterocycles. The van der Waals surface area contributed by atoms with Crippen molar-refractivity contribution in [3.05, 3.63) is 75.6 Å². The lowest BCUT2D eigenvalue weighted by molar-refractivity contribution is 0.388. The van der Waals surface area contributed by atoms with Gasteiger partial charge in [-0.3, -0.25) is 0 Å². The molecule has 0 aromatic heterocycles. The van der Waals surface area contributed by atoms with Gasteiger partial charge in [0.2, 0.25) is 0 Å². The molecule has 2 rings (SSSR count). The van der Waals surface area contributed by atoms with E-state index in [4.69, 9.17) is 6.42 Å². The van der Waals surface area contributed by atoms with Crippen molar-refractivity contribution >= 4 is 23.7 Å². The molecule has 0 aliphatic heterocycles. The van der Waals surface area contributed by atoms with E-state index < -0.39 is 5.82 Å². The number of hydrogen-bond donors (Lipinski definition) is 1. The van der Waals surface area contributed by atoms with Gasteiger partial charge in [-0.1, -0.05) is 62.9 Å². The molecule has 0 saturated heterocycles. The van der Waals surface area contributed by atoms with E-state index in [9.17, 15) is 9.30 Å². The highest BCUT2D eigenvalue weighted by Crippen LogP contribution is 2.25. The summed E-state index contributed by atoms with van der Waals surface area (Å²) in [5.74, 6) is 2.00. The van der Waals surface area contributed by atoms with Crippen LogP contribution in [-0.4, -0.2) is 11.3 Å². The zero-order valence-electron chi connectivity index (χ0n) is 16.5. The van der Waals surface area contributed by atoms with Crippen molar-refractivity contribution in [2.45, 2.75) is 32.7 Å². The Hall–Kier alpha value is -2.78. The third-order valence-corrected chi connectivity index (χ3v) is 4.58. The first kappa shape index (κ1) is 21.5. The Balaban J connectivity index is 2.16. The number of anilines is 1. The highest BCUT2D eigenvalue weighted by molar-refractivity contribution is 7.99. The van der Waals surface area contributed by atoms with Crippen molar-refractivity contribution in [3.8, 4) is 12.3 Å². The van der Waals surface area contributed by atoms with Crippen molar-refractivity contribution in [2.75, 3.05) is 11.0 Å². The SMILES string of the molecule is C#Cc1cc(CN(/C=C/c2ccc(C(C)(C)C)cc2)N=O)cc(F)c1NSC. The van der Waals surface area contributed by atoms with Gasteiger partial charge in [-0.2, -0.15) is 0 Å². The average Bonchev–Trinajstić information content (AvgIpc) is 2.66. The molecule has 0 aliphatic rings. The fourth-order valence-corrected chi connectivity index (χ4v) is 3.05. The number of benzene rings is 2. The first-order valence-corrected chi connectivity index (χ1v) is 9.97. The number of halogens is 1. The van der Waals surface area contributed by atoms with E-state index in [0.29, 0.717) is 11.1 Å². The monoisotopic (exact) mass is 397 g/mol. The number of rotatable bonds is 7. The molecule has 28 heavy (non-hydrogen) atoms. The molecule has 0 fully saturated rings.